The fourth-order valence-corrected chi connectivity index (χ4v) is 2.96. The van der Waals surface area contributed by atoms with E-state index in [0.717, 1.165) is 11.8 Å². The van der Waals surface area contributed by atoms with Gasteiger partial charge in [0, 0.05) is 7.05 Å². The Hall–Kier alpha value is -2.19. The zero-order valence-corrected chi connectivity index (χ0v) is 15.3. The molecule has 0 fully saturated rings. The first kappa shape index (κ1) is 20.9. The molecule has 0 aliphatic carbocycles. The van der Waals surface area contributed by atoms with Crippen LogP contribution in [0.25, 0.3) is 0 Å². The molecule has 5 nitrogen and oxygen atoms in total. The molecule has 0 spiro atoms. The maximum Gasteiger partial charge on any atom is 0.510 e. The predicted octanol–water partition coefficient (Wildman–Crippen LogP) is 3.74. The first-order chi connectivity index (χ1) is 11.1. The average Bonchev–Trinajstić information content (AvgIpc) is 2.33. The van der Waals surface area contributed by atoms with E-state index in [2.05, 4.69) is 0 Å². The summed E-state index contributed by atoms with van der Waals surface area (Å²) in [7, 11) is 1.26. The second kappa shape index (κ2) is 6.61. The van der Waals surface area contributed by atoms with Crippen molar-refractivity contribution in [2.24, 2.45) is 0 Å². The summed E-state index contributed by atoms with van der Waals surface area (Å²) >= 11 is 0. The summed E-state index contributed by atoms with van der Waals surface area (Å²) < 4.78 is 45.8. The topological polar surface area (TPSA) is 66.8 Å². The van der Waals surface area contributed by atoms with Gasteiger partial charge in [0.15, 0.2) is 0 Å². The minimum absolute atomic E-state index is 0.0830. The average molecular weight is 360 g/mol. The Balaban J connectivity index is 3.74. The summed E-state index contributed by atoms with van der Waals surface area (Å²) in [5.74, 6) is -1.48. The number of hydrogen-bond donors (Lipinski definition) is 1. The van der Waals surface area contributed by atoms with Crippen molar-refractivity contribution in [3.05, 3.63) is 22.3 Å². The number of carbonyl (C=O) groups excluding carboxylic acids is 1. The molecular weight excluding hydrogens is 338 g/mol. The summed E-state index contributed by atoms with van der Waals surface area (Å²) in [5, 5.41) is 9.36. The summed E-state index contributed by atoms with van der Waals surface area (Å²) in [4.78, 5) is 24.7. The zero-order valence-electron chi connectivity index (χ0n) is 15.3. The predicted molar refractivity (Wildman–Crippen MR) is 91.0 cm³/mol. The smallest absolute Gasteiger partial charge is 0.478 e. The molecular formula is C16H22BF3NO4-. The fraction of sp³-hybridized carbons (Fsp3) is 0.500. The van der Waals surface area contributed by atoms with Crippen LogP contribution in [-0.4, -0.2) is 36.8 Å². The minimum Gasteiger partial charge on any atom is -0.478 e. The molecule has 0 aromatic heterocycles. The molecule has 1 amide bonds. The molecule has 25 heavy (non-hydrogen) atoms. The maximum absolute atomic E-state index is 13.5. The number of anilines is 1. The highest BCUT2D eigenvalue weighted by Gasteiger charge is 2.35. The fourth-order valence-electron chi connectivity index (χ4n) is 2.96. The van der Waals surface area contributed by atoms with Gasteiger partial charge in [-0.15, -0.1) is 0 Å². The molecule has 140 valence electrons. The van der Waals surface area contributed by atoms with E-state index in [1.54, 1.807) is 20.8 Å². The van der Waals surface area contributed by atoms with Gasteiger partial charge in [0.25, 0.3) is 0 Å². The third-order valence-corrected chi connectivity index (χ3v) is 3.81. The highest BCUT2D eigenvalue weighted by molar-refractivity contribution is 6.74. The molecule has 1 N–H and O–H groups in total. The molecule has 0 atom stereocenters. The van der Waals surface area contributed by atoms with Crippen molar-refractivity contribution in [3.63, 3.8) is 0 Å². The van der Waals surface area contributed by atoms with Crippen LogP contribution in [0.15, 0.2) is 0 Å². The molecule has 9 heteroatoms. The second-order valence-electron chi connectivity index (χ2n) is 6.93. The minimum atomic E-state index is -5.46. The maximum atomic E-state index is 13.5. The van der Waals surface area contributed by atoms with Crippen LogP contribution in [0.4, 0.5) is 23.4 Å². The number of benzene rings is 1. The van der Waals surface area contributed by atoms with Crippen LogP contribution in [0, 0.1) is 20.8 Å². The number of amides is 1. The first-order valence-corrected chi connectivity index (χ1v) is 7.63. The number of rotatable bonds is 3. The lowest BCUT2D eigenvalue weighted by Gasteiger charge is -2.31. The monoisotopic (exact) mass is 360 g/mol. The second-order valence-corrected chi connectivity index (χ2v) is 6.93. The number of carboxylic acid groups (broad SMARTS) is 1. The van der Waals surface area contributed by atoms with Crippen molar-refractivity contribution in [2.45, 2.75) is 47.1 Å². The van der Waals surface area contributed by atoms with Gasteiger partial charge in [-0.25, -0.2) is 9.59 Å². The third-order valence-electron chi connectivity index (χ3n) is 3.81. The Morgan fingerprint density at radius 2 is 1.52 bits per heavy atom. The van der Waals surface area contributed by atoms with Crippen LogP contribution < -0.4 is 10.4 Å². The Bertz CT molecular complexity index is 724. The van der Waals surface area contributed by atoms with E-state index in [0.29, 0.717) is 0 Å². The van der Waals surface area contributed by atoms with Crippen molar-refractivity contribution < 1.29 is 32.4 Å². The van der Waals surface area contributed by atoms with Gasteiger partial charge in [0.05, 0.1) is 11.3 Å². The van der Waals surface area contributed by atoms with Crippen molar-refractivity contribution in [2.75, 3.05) is 11.9 Å². The van der Waals surface area contributed by atoms with E-state index in [1.165, 1.54) is 20.9 Å². The van der Waals surface area contributed by atoms with Gasteiger partial charge >= 0.3 is 19.0 Å². The molecule has 0 unspecified atom stereocenters. The van der Waals surface area contributed by atoms with Crippen molar-refractivity contribution in [1.82, 2.24) is 0 Å². The van der Waals surface area contributed by atoms with Crippen LogP contribution in [0.5, 0.6) is 0 Å². The molecule has 0 aliphatic heterocycles. The lowest BCUT2D eigenvalue weighted by Crippen LogP contribution is -2.42. The number of halogens is 3. The highest BCUT2D eigenvalue weighted by atomic mass is 19.4. The third kappa shape index (κ3) is 4.26. The Kier molecular flexibility index (Phi) is 5.51. The molecule has 1 aromatic carbocycles. The van der Waals surface area contributed by atoms with Gasteiger partial charge in [0.1, 0.15) is 5.60 Å². The standard InChI is InChI=1S/C16H22BF3NO4/c1-8-11(14(22)23)9(2)13(10(3)12(8)17(18,19)20)21(7)15(24)25-16(4,5)6/h1-7H3,(H,22,23)/q-1. The lowest BCUT2D eigenvalue weighted by molar-refractivity contribution is 0.0586. The number of carbonyl (C=O) groups is 2. The van der Waals surface area contributed by atoms with Gasteiger partial charge in [-0.1, -0.05) is 16.6 Å². The van der Waals surface area contributed by atoms with Gasteiger partial charge in [-0.05, 0) is 47.1 Å². The molecule has 0 bridgehead atoms. The lowest BCUT2D eigenvalue weighted by atomic mass is 9.71. The van der Waals surface area contributed by atoms with Crippen molar-refractivity contribution in [3.8, 4) is 0 Å². The number of carboxylic acids is 1. The number of hydrogen-bond acceptors (Lipinski definition) is 3. The molecule has 1 rings (SSSR count). The largest absolute Gasteiger partial charge is 0.510 e. The van der Waals surface area contributed by atoms with E-state index in [4.69, 9.17) is 4.74 Å². The van der Waals surface area contributed by atoms with E-state index in [-0.39, 0.29) is 22.4 Å². The summed E-state index contributed by atoms with van der Waals surface area (Å²) in [6.45, 7) is 3.16. The van der Waals surface area contributed by atoms with Crippen molar-refractivity contribution >= 4 is 30.2 Å². The van der Waals surface area contributed by atoms with Crippen LogP contribution >= 0.6 is 0 Å². The molecule has 0 saturated carbocycles. The number of aromatic carboxylic acids is 1. The zero-order chi connectivity index (χ0) is 19.9. The number of ether oxygens (including phenoxy) is 1. The highest BCUT2D eigenvalue weighted by Crippen LogP contribution is 2.32. The van der Waals surface area contributed by atoms with Gasteiger partial charge in [0.2, 0.25) is 0 Å². The van der Waals surface area contributed by atoms with Crippen LogP contribution in [0.2, 0.25) is 0 Å². The molecule has 1 aromatic rings. The molecule has 0 aliphatic rings. The van der Waals surface area contributed by atoms with Crippen LogP contribution in [0.1, 0.15) is 47.8 Å². The summed E-state index contributed by atoms with van der Waals surface area (Å²) in [5.41, 5.74) is -2.86. The van der Waals surface area contributed by atoms with Gasteiger partial charge < -0.3 is 22.8 Å². The Morgan fingerprint density at radius 1 is 1.04 bits per heavy atom. The SMILES string of the molecule is Cc1c(C(=O)O)c(C)c([B-](F)(F)F)c(C)c1N(C)C(=O)OC(C)(C)C. The Labute approximate surface area is 144 Å². The van der Waals surface area contributed by atoms with E-state index in [1.807, 2.05) is 0 Å². The summed E-state index contributed by atoms with van der Waals surface area (Å²) in [6.07, 6.45) is -0.862. The first-order valence-electron chi connectivity index (χ1n) is 7.63. The van der Waals surface area contributed by atoms with Gasteiger partial charge in [-0.3, -0.25) is 4.90 Å². The normalized spacial score (nSPS) is 12.1. The van der Waals surface area contributed by atoms with E-state index < -0.39 is 35.7 Å². The number of nitrogens with zero attached hydrogens (tertiary/aromatic N) is 1. The van der Waals surface area contributed by atoms with Crippen molar-refractivity contribution in [1.29, 1.82) is 0 Å². The quantitative estimate of drug-likeness (QED) is 0.834. The van der Waals surface area contributed by atoms with Crippen LogP contribution in [0.3, 0.4) is 0 Å². The van der Waals surface area contributed by atoms with Gasteiger partial charge in [-0.2, -0.15) is 0 Å². The van der Waals surface area contributed by atoms with Crippen LogP contribution in [-0.2, 0) is 4.74 Å². The molecule has 0 heterocycles. The van der Waals surface area contributed by atoms with E-state index >= 15 is 0 Å². The summed E-state index contributed by atoms with van der Waals surface area (Å²) in [6, 6.07) is 0. The molecule has 0 saturated heterocycles. The van der Waals surface area contributed by atoms with E-state index in [9.17, 15) is 27.6 Å². The Morgan fingerprint density at radius 3 is 1.88 bits per heavy atom. The molecule has 0 radical (unpaired) electrons.